The summed E-state index contributed by atoms with van der Waals surface area (Å²) in [6.07, 6.45) is 6.60. The summed E-state index contributed by atoms with van der Waals surface area (Å²) in [4.78, 5) is 38.4. The van der Waals surface area contributed by atoms with E-state index in [1.165, 1.54) is 6.08 Å². The molecule has 1 aliphatic rings. The van der Waals surface area contributed by atoms with Gasteiger partial charge in [0.05, 0.1) is 5.69 Å². The maximum Gasteiger partial charge on any atom is 0.335 e. The van der Waals surface area contributed by atoms with Crippen LogP contribution in [0, 0.1) is 26.2 Å². The third-order valence-corrected chi connectivity index (χ3v) is 4.34. The van der Waals surface area contributed by atoms with Crippen molar-refractivity contribution >= 4 is 29.6 Å². The van der Waals surface area contributed by atoms with Gasteiger partial charge in [0.25, 0.3) is 11.8 Å². The molecule has 0 saturated carbocycles. The number of benzene rings is 2. The number of nitrogens with one attached hydrogen (secondary N) is 1. The fourth-order valence-corrected chi connectivity index (χ4v) is 2.74. The number of urea groups is 1. The van der Waals surface area contributed by atoms with Crippen molar-refractivity contribution in [2.75, 3.05) is 11.5 Å². The van der Waals surface area contributed by atoms with Crippen LogP contribution in [0.15, 0.2) is 48.0 Å². The number of hydrogen-bond acceptors (Lipinski definition) is 4. The van der Waals surface area contributed by atoms with Gasteiger partial charge in [0.1, 0.15) is 17.9 Å². The Morgan fingerprint density at radius 3 is 2.61 bits per heavy atom. The lowest BCUT2D eigenvalue weighted by Gasteiger charge is -2.26. The van der Waals surface area contributed by atoms with Crippen LogP contribution in [0.25, 0.3) is 6.08 Å². The van der Waals surface area contributed by atoms with Crippen LogP contribution in [-0.2, 0) is 9.59 Å². The maximum atomic E-state index is 12.9. The Balaban J connectivity index is 1.97. The molecule has 0 aromatic heterocycles. The van der Waals surface area contributed by atoms with Gasteiger partial charge in [0.15, 0.2) is 0 Å². The number of anilines is 1. The first kappa shape index (κ1) is 18.9. The van der Waals surface area contributed by atoms with Gasteiger partial charge in [-0.3, -0.25) is 14.9 Å². The van der Waals surface area contributed by atoms with Crippen LogP contribution < -0.4 is 15.0 Å². The zero-order valence-electron chi connectivity index (χ0n) is 15.5. The molecular formula is C22H18N2O4. The summed E-state index contributed by atoms with van der Waals surface area (Å²) in [5.41, 5.74) is 2.78. The quantitative estimate of drug-likeness (QED) is 0.507. The summed E-state index contributed by atoms with van der Waals surface area (Å²) in [5, 5.41) is 2.21. The minimum atomic E-state index is -0.776. The molecule has 1 fully saturated rings. The van der Waals surface area contributed by atoms with E-state index < -0.39 is 17.8 Å². The Morgan fingerprint density at radius 2 is 1.89 bits per heavy atom. The summed E-state index contributed by atoms with van der Waals surface area (Å²) in [6, 6.07) is 11.2. The molecule has 2 aromatic carbocycles. The standard InChI is InChI=1S/C22H18N2O4/c1-4-10-28-18-7-5-6-16(12-18)13-19-20(25)23-22(27)24(21(19)26)17-9-8-14(2)15(3)11-17/h1,5-9,11-13H,10H2,2-3H3,(H,23,25,27)/b19-13-. The van der Waals surface area contributed by atoms with Crippen LogP contribution >= 0.6 is 0 Å². The third kappa shape index (κ3) is 3.79. The maximum absolute atomic E-state index is 12.9. The molecule has 1 N–H and O–H groups in total. The first-order valence-electron chi connectivity index (χ1n) is 8.55. The molecule has 6 nitrogen and oxygen atoms in total. The normalized spacial score (nSPS) is 15.4. The lowest BCUT2D eigenvalue weighted by Crippen LogP contribution is -2.54. The number of barbiturate groups is 1. The second-order valence-corrected chi connectivity index (χ2v) is 6.29. The van der Waals surface area contributed by atoms with Crippen molar-refractivity contribution in [2.45, 2.75) is 13.8 Å². The summed E-state index contributed by atoms with van der Waals surface area (Å²) in [5.74, 6) is 1.45. The van der Waals surface area contributed by atoms with Crippen molar-refractivity contribution in [2.24, 2.45) is 0 Å². The highest BCUT2D eigenvalue weighted by molar-refractivity contribution is 6.39. The average Bonchev–Trinajstić information content (AvgIpc) is 2.66. The van der Waals surface area contributed by atoms with Crippen molar-refractivity contribution in [3.63, 3.8) is 0 Å². The number of imide groups is 2. The molecule has 0 radical (unpaired) electrons. The SMILES string of the molecule is C#CCOc1cccc(/C=C2/C(=O)NC(=O)N(c3ccc(C)c(C)c3)C2=O)c1. The number of aryl methyl sites for hydroxylation is 2. The van der Waals surface area contributed by atoms with Gasteiger partial charge in [-0.2, -0.15) is 0 Å². The zero-order valence-corrected chi connectivity index (χ0v) is 15.5. The molecule has 1 saturated heterocycles. The van der Waals surface area contributed by atoms with E-state index in [4.69, 9.17) is 11.2 Å². The number of nitrogens with zero attached hydrogens (tertiary/aromatic N) is 1. The van der Waals surface area contributed by atoms with Crippen molar-refractivity contribution in [1.29, 1.82) is 0 Å². The number of ether oxygens (including phenoxy) is 1. The Labute approximate surface area is 162 Å². The smallest absolute Gasteiger partial charge is 0.335 e. The molecule has 1 aliphatic heterocycles. The number of carbonyl (C=O) groups is 3. The fraction of sp³-hybridized carbons (Fsp3) is 0.136. The van der Waals surface area contributed by atoms with Crippen molar-refractivity contribution in [3.8, 4) is 18.1 Å². The average molecular weight is 374 g/mol. The highest BCUT2D eigenvalue weighted by atomic mass is 16.5. The Morgan fingerprint density at radius 1 is 1.11 bits per heavy atom. The van der Waals surface area contributed by atoms with Gasteiger partial charge in [-0.15, -0.1) is 6.42 Å². The molecule has 6 heteroatoms. The van der Waals surface area contributed by atoms with E-state index in [1.807, 2.05) is 19.9 Å². The second-order valence-electron chi connectivity index (χ2n) is 6.29. The molecule has 140 valence electrons. The molecule has 2 aromatic rings. The van der Waals surface area contributed by atoms with E-state index >= 15 is 0 Å². The highest BCUT2D eigenvalue weighted by Gasteiger charge is 2.36. The van der Waals surface area contributed by atoms with Crippen molar-refractivity contribution in [1.82, 2.24) is 5.32 Å². The van der Waals surface area contributed by atoms with Crippen LogP contribution in [0.5, 0.6) is 5.75 Å². The van der Waals surface area contributed by atoms with Gasteiger partial charge in [-0.05, 0) is 60.9 Å². The molecule has 0 atom stereocenters. The second kappa shape index (κ2) is 7.80. The molecule has 0 bridgehead atoms. The van der Waals surface area contributed by atoms with Crippen LogP contribution in [0.4, 0.5) is 10.5 Å². The number of carbonyl (C=O) groups excluding carboxylic acids is 3. The van der Waals surface area contributed by atoms with E-state index in [-0.39, 0.29) is 12.2 Å². The van der Waals surface area contributed by atoms with Gasteiger partial charge in [0, 0.05) is 0 Å². The lowest BCUT2D eigenvalue weighted by atomic mass is 10.0. The van der Waals surface area contributed by atoms with Crippen LogP contribution in [0.2, 0.25) is 0 Å². The van der Waals surface area contributed by atoms with E-state index in [2.05, 4.69) is 11.2 Å². The van der Waals surface area contributed by atoms with E-state index in [1.54, 1.807) is 36.4 Å². The van der Waals surface area contributed by atoms with Gasteiger partial charge in [0.2, 0.25) is 0 Å². The number of rotatable bonds is 4. The molecule has 1 heterocycles. The van der Waals surface area contributed by atoms with Gasteiger partial charge in [-0.25, -0.2) is 9.69 Å². The van der Waals surface area contributed by atoms with Crippen molar-refractivity contribution < 1.29 is 19.1 Å². The summed E-state index contributed by atoms with van der Waals surface area (Å²) < 4.78 is 5.36. The van der Waals surface area contributed by atoms with Gasteiger partial charge in [-0.1, -0.05) is 24.1 Å². The van der Waals surface area contributed by atoms with Crippen LogP contribution in [0.1, 0.15) is 16.7 Å². The largest absolute Gasteiger partial charge is 0.481 e. The molecule has 4 amide bonds. The van der Waals surface area contributed by atoms with Crippen molar-refractivity contribution in [3.05, 3.63) is 64.7 Å². The number of hydrogen-bond donors (Lipinski definition) is 1. The van der Waals surface area contributed by atoms with Crippen LogP contribution in [-0.4, -0.2) is 24.5 Å². The number of terminal acetylenes is 1. The Hall–Kier alpha value is -3.85. The molecular weight excluding hydrogens is 356 g/mol. The molecule has 0 unspecified atom stereocenters. The summed E-state index contributed by atoms with van der Waals surface area (Å²) in [7, 11) is 0. The van der Waals surface area contributed by atoms with E-state index in [0.29, 0.717) is 17.0 Å². The molecule has 3 rings (SSSR count). The van der Waals surface area contributed by atoms with E-state index in [0.717, 1.165) is 16.0 Å². The van der Waals surface area contributed by atoms with E-state index in [9.17, 15) is 14.4 Å². The Bertz CT molecular complexity index is 1050. The predicted molar refractivity (Wildman–Crippen MR) is 106 cm³/mol. The minimum absolute atomic E-state index is 0.106. The topological polar surface area (TPSA) is 75.7 Å². The monoisotopic (exact) mass is 374 g/mol. The first-order valence-corrected chi connectivity index (χ1v) is 8.55. The molecule has 0 aliphatic carbocycles. The lowest BCUT2D eigenvalue weighted by molar-refractivity contribution is -0.122. The number of amides is 4. The summed E-state index contributed by atoms with van der Waals surface area (Å²) in [6.45, 7) is 3.92. The first-order chi connectivity index (χ1) is 13.4. The predicted octanol–water partition coefficient (Wildman–Crippen LogP) is 2.98. The summed E-state index contributed by atoms with van der Waals surface area (Å²) >= 11 is 0. The van der Waals surface area contributed by atoms with Gasteiger partial charge >= 0.3 is 6.03 Å². The molecule has 0 spiro atoms. The Kier molecular flexibility index (Phi) is 5.28. The molecule has 28 heavy (non-hydrogen) atoms. The minimum Gasteiger partial charge on any atom is -0.481 e. The zero-order chi connectivity index (χ0) is 20.3. The van der Waals surface area contributed by atoms with Crippen LogP contribution in [0.3, 0.4) is 0 Å². The fourth-order valence-electron chi connectivity index (χ4n) is 2.74. The van der Waals surface area contributed by atoms with Gasteiger partial charge < -0.3 is 4.74 Å². The highest BCUT2D eigenvalue weighted by Crippen LogP contribution is 2.24. The third-order valence-electron chi connectivity index (χ3n) is 4.34.